The summed E-state index contributed by atoms with van der Waals surface area (Å²) in [4.78, 5) is 11.8. The molecule has 0 aliphatic heterocycles. The molecule has 0 heterocycles. The minimum Gasteiger partial charge on any atom is -0.399 e. The van der Waals surface area contributed by atoms with E-state index in [2.05, 4.69) is 12.2 Å². The summed E-state index contributed by atoms with van der Waals surface area (Å²) < 4.78 is 5.74. The van der Waals surface area contributed by atoms with Gasteiger partial charge < -0.3 is 15.8 Å². The second-order valence-corrected chi connectivity index (χ2v) is 5.55. The summed E-state index contributed by atoms with van der Waals surface area (Å²) in [5.41, 5.74) is 7.03. The van der Waals surface area contributed by atoms with Gasteiger partial charge in [-0.15, -0.1) is 0 Å². The molecule has 1 aromatic rings. The molecule has 1 aromatic carbocycles. The molecule has 2 rings (SSSR count). The molecule has 2 unspecified atom stereocenters. The van der Waals surface area contributed by atoms with E-state index in [9.17, 15) is 4.79 Å². The Hall–Kier alpha value is -1.55. The van der Waals surface area contributed by atoms with Crippen LogP contribution >= 0.6 is 0 Å². The molecule has 0 bridgehead atoms. The highest BCUT2D eigenvalue weighted by atomic mass is 16.5. The zero-order valence-corrected chi connectivity index (χ0v) is 12.1. The van der Waals surface area contributed by atoms with Crippen molar-refractivity contribution in [3.63, 3.8) is 0 Å². The SMILES string of the molecule is CCC1CCCC(OCC(=O)Nc2cccc(N)c2)C1. The van der Waals surface area contributed by atoms with Crippen molar-refractivity contribution >= 4 is 17.3 Å². The standard InChI is InChI=1S/C16H24N2O2/c1-2-12-5-3-8-15(9-12)20-11-16(19)18-14-7-4-6-13(17)10-14/h4,6-7,10,12,15H,2-3,5,8-9,11,17H2,1H3,(H,18,19). The molecule has 0 radical (unpaired) electrons. The van der Waals surface area contributed by atoms with Crippen LogP contribution in [0.15, 0.2) is 24.3 Å². The van der Waals surface area contributed by atoms with Crippen LogP contribution in [0.5, 0.6) is 0 Å². The predicted octanol–water partition coefficient (Wildman–Crippen LogP) is 3.19. The van der Waals surface area contributed by atoms with E-state index in [1.165, 1.54) is 19.3 Å². The molecule has 0 spiro atoms. The monoisotopic (exact) mass is 276 g/mol. The van der Waals surface area contributed by atoms with Crippen molar-refractivity contribution < 1.29 is 9.53 Å². The van der Waals surface area contributed by atoms with Gasteiger partial charge in [-0.3, -0.25) is 4.79 Å². The fraction of sp³-hybridized carbons (Fsp3) is 0.562. The molecular formula is C16H24N2O2. The Balaban J connectivity index is 1.75. The number of ether oxygens (including phenoxy) is 1. The van der Waals surface area contributed by atoms with Crippen molar-refractivity contribution in [3.05, 3.63) is 24.3 Å². The van der Waals surface area contributed by atoms with Crippen molar-refractivity contribution in [2.75, 3.05) is 17.7 Å². The molecule has 20 heavy (non-hydrogen) atoms. The lowest BCUT2D eigenvalue weighted by molar-refractivity contribution is -0.123. The van der Waals surface area contributed by atoms with Crippen LogP contribution < -0.4 is 11.1 Å². The van der Waals surface area contributed by atoms with Crippen molar-refractivity contribution in [1.29, 1.82) is 0 Å². The average molecular weight is 276 g/mol. The Morgan fingerprint density at radius 2 is 2.30 bits per heavy atom. The number of nitrogen functional groups attached to an aromatic ring is 1. The van der Waals surface area contributed by atoms with Gasteiger partial charge in [-0.05, 0) is 37.0 Å². The van der Waals surface area contributed by atoms with Crippen molar-refractivity contribution in [1.82, 2.24) is 0 Å². The first-order chi connectivity index (χ1) is 9.67. The lowest BCUT2D eigenvalue weighted by Crippen LogP contribution is -2.27. The average Bonchev–Trinajstić information content (AvgIpc) is 2.45. The molecule has 1 aliphatic carbocycles. The number of benzene rings is 1. The summed E-state index contributed by atoms with van der Waals surface area (Å²) in [5.74, 6) is 0.639. The number of amides is 1. The maximum atomic E-state index is 11.8. The molecule has 4 heteroatoms. The quantitative estimate of drug-likeness (QED) is 0.812. The highest BCUT2D eigenvalue weighted by Gasteiger charge is 2.21. The van der Waals surface area contributed by atoms with E-state index in [1.807, 2.05) is 12.1 Å². The second-order valence-electron chi connectivity index (χ2n) is 5.55. The van der Waals surface area contributed by atoms with Crippen LogP contribution in [-0.2, 0) is 9.53 Å². The molecule has 2 atom stereocenters. The molecule has 110 valence electrons. The number of hydrogen-bond acceptors (Lipinski definition) is 3. The maximum Gasteiger partial charge on any atom is 0.250 e. The number of rotatable bonds is 5. The highest BCUT2D eigenvalue weighted by molar-refractivity contribution is 5.92. The number of nitrogens with one attached hydrogen (secondary N) is 1. The van der Waals surface area contributed by atoms with E-state index in [0.29, 0.717) is 11.4 Å². The molecule has 0 saturated heterocycles. The van der Waals surface area contributed by atoms with E-state index in [1.54, 1.807) is 12.1 Å². The summed E-state index contributed by atoms with van der Waals surface area (Å²) in [6.45, 7) is 2.34. The predicted molar refractivity (Wildman–Crippen MR) is 81.5 cm³/mol. The molecule has 4 nitrogen and oxygen atoms in total. The number of carbonyl (C=O) groups excluding carboxylic acids is 1. The topological polar surface area (TPSA) is 64.3 Å². The van der Waals surface area contributed by atoms with Gasteiger partial charge in [0, 0.05) is 11.4 Å². The lowest BCUT2D eigenvalue weighted by atomic mass is 9.85. The van der Waals surface area contributed by atoms with Gasteiger partial charge in [0.15, 0.2) is 0 Å². The molecule has 1 amide bonds. The largest absolute Gasteiger partial charge is 0.399 e. The van der Waals surface area contributed by atoms with Crippen LogP contribution in [0.25, 0.3) is 0 Å². The summed E-state index contributed by atoms with van der Waals surface area (Å²) in [6.07, 6.45) is 6.10. The molecule has 0 aromatic heterocycles. The molecule has 1 fully saturated rings. The third kappa shape index (κ3) is 4.53. The fourth-order valence-electron chi connectivity index (χ4n) is 2.77. The van der Waals surface area contributed by atoms with Gasteiger partial charge in [0.25, 0.3) is 0 Å². The van der Waals surface area contributed by atoms with Crippen LogP contribution in [0.1, 0.15) is 39.0 Å². The first kappa shape index (κ1) is 14.9. The van der Waals surface area contributed by atoms with Gasteiger partial charge in [0.1, 0.15) is 6.61 Å². The molecule has 1 saturated carbocycles. The minimum atomic E-state index is -0.116. The second kappa shape index (κ2) is 7.29. The van der Waals surface area contributed by atoms with Crippen molar-refractivity contribution in [2.24, 2.45) is 5.92 Å². The van der Waals surface area contributed by atoms with E-state index in [4.69, 9.17) is 10.5 Å². The Morgan fingerprint density at radius 1 is 1.45 bits per heavy atom. The maximum absolute atomic E-state index is 11.8. The van der Waals surface area contributed by atoms with E-state index < -0.39 is 0 Å². The number of anilines is 2. The van der Waals surface area contributed by atoms with Crippen molar-refractivity contribution in [3.8, 4) is 0 Å². The van der Waals surface area contributed by atoms with Gasteiger partial charge >= 0.3 is 0 Å². The Labute approximate surface area is 120 Å². The number of carbonyl (C=O) groups is 1. The summed E-state index contributed by atoms with van der Waals surface area (Å²) in [5, 5.41) is 2.80. The first-order valence-electron chi connectivity index (χ1n) is 7.44. The Kier molecular flexibility index (Phi) is 5.41. The summed E-state index contributed by atoms with van der Waals surface area (Å²) in [6, 6.07) is 7.17. The summed E-state index contributed by atoms with van der Waals surface area (Å²) in [7, 11) is 0. The van der Waals surface area contributed by atoms with E-state index in [-0.39, 0.29) is 18.6 Å². The fourth-order valence-corrected chi connectivity index (χ4v) is 2.77. The smallest absolute Gasteiger partial charge is 0.250 e. The Morgan fingerprint density at radius 3 is 3.05 bits per heavy atom. The van der Waals surface area contributed by atoms with Crippen LogP contribution in [-0.4, -0.2) is 18.6 Å². The van der Waals surface area contributed by atoms with Gasteiger partial charge in [-0.25, -0.2) is 0 Å². The molecular weight excluding hydrogens is 252 g/mol. The van der Waals surface area contributed by atoms with Gasteiger partial charge in [-0.2, -0.15) is 0 Å². The first-order valence-corrected chi connectivity index (χ1v) is 7.44. The highest BCUT2D eigenvalue weighted by Crippen LogP contribution is 2.28. The van der Waals surface area contributed by atoms with Gasteiger partial charge in [0.05, 0.1) is 6.10 Å². The molecule has 1 aliphatic rings. The van der Waals surface area contributed by atoms with Crippen LogP contribution in [0, 0.1) is 5.92 Å². The van der Waals surface area contributed by atoms with Crippen LogP contribution in [0.2, 0.25) is 0 Å². The van der Waals surface area contributed by atoms with Crippen molar-refractivity contribution in [2.45, 2.75) is 45.1 Å². The Bertz CT molecular complexity index is 448. The minimum absolute atomic E-state index is 0.116. The van der Waals surface area contributed by atoms with Gasteiger partial charge in [-0.1, -0.05) is 32.3 Å². The zero-order valence-electron chi connectivity index (χ0n) is 12.1. The van der Waals surface area contributed by atoms with Crippen LogP contribution in [0.4, 0.5) is 11.4 Å². The number of nitrogens with two attached hydrogens (primary N) is 1. The lowest BCUT2D eigenvalue weighted by Gasteiger charge is -2.28. The van der Waals surface area contributed by atoms with E-state index >= 15 is 0 Å². The summed E-state index contributed by atoms with van der Waals surface area (Å²) >= 11 is 0. The van der Waals surface area contributed by atoms with E-state index in [0.717, 1.165) is 18.8 Å². The van der Waals surface area contributed by atoms with Crippen LogP contribution in [0.3, 0.4) is 0 Å². The zero-order chi connectivity index (χ0) is 14.4. The normalized spacial score (nSPS) is 22.4. The number of hydrogen-bond donors (Lipinski definition) is 2. The molecule has 3 N–H and O–H groups in total. The van der Waals surface area contributed by atoms with Gasteiger partial charge in [0.2, 0.25) is 5.91 Å². The third-order valence-corrected chi connectivity index (χ3v) is 3.93. The third-order valence-electron chi connectivity index (χ3n) is 3.93.